The van der Waals surface area contributed by atoms with Gasteiger partial charge in [-0.3, -0.25) is 10.1 Å². The van der Waals surface area contributed by atoms with Crippen molar-refractivity contribution >= 4 is 28.6 Å². The standard InChI is InChI=1S/C13H15N3O2S/c1-3-18-12(17)8-10-6-4-5-7-11(10)16-13(19-2)15-9-14/h4-7H,3,8H2,1-2H3,(H,15,16). The monoisotopic (exact) mass is 277 g/mol. The first kappa shape index (κ1) is 15.1. The molecule has 1 N–H and O–H groups in total. The van der Waals surface area contributed by atoms with Gasteiger partial charge in [0, 0.05) is 0 Å². The van der Waals surface area contributed by atoms with Crippen LogP contribution in [0.4, 0.5) is 5.69 Å². The molecule has 5 nitrogen and oxygen atoms in total. The number of nitrogens with one attached hydrogen (secondary N) is 1. The number of benzene rings is 1. The Balaban J connectivity index is 2.95. The minimum Gasteiger partial charge on any atom is -0.466 e. The molecule has 100 valence electrons. The number of amidine groups is 1. The van der Waals surface area contributed by atoms with E-state index < -0.39 is 0 Å². The highest BCUT2D eigenvalue weighted by molar-refractivity contribution is 8.13. The van der Waals surface area contributed by atoms with E-state index in [2.05, 4.69) is 10.3 Å². The fourth-order valence-electron chi connectivity index (χ4n) is 1.42. The smallest absolute Gasteiger partial charge is 0.310 e. The SMILES string of the molecule is CCOC(=O)Cc1ccccc1N=C(NC#N)SC. The van der Waals surface area contributed by atoms with E-state index in [-0.39, 0.29) is 12.4 Å². The minimum atomic E-state index is -0.288. The van der Waals surface area contributed by atoms with Crippen LogP contribution in [0.3, 0.4) is 0 Å². The highest BCUT2D eigenvalue weighted by Gasteiger charge is 2.08. The molecule has 0 saturated carbocycles. The molecule has 0 radical (unpaired) electrons. The third-order valence-corrected chi connectivity index (χ3v) is 2.79. The molecule has 0 unspecified atom stereocenters. The minimum absolute atomic E-state index is 0.168. The largest absolute Gasteiger partial charge is 0.466 e. The summed E-state index contributed by atoms with van der Waals surface area (Å²) in [4.78, 5) is 15.8. The van der Waals surface area contributed by atoms with Crippen molar-refractivity contribution in [2.24, 2.45) is 4.99 Å². The van der Waals surface area contributed by atoms with E-state index in [4.69, 9.17) is 10.00 Å². The van der Waals surface area contributed by atoms with Crippen molar-refractivity contribution in [3.63, 3.8) is 0 Å². The van der Waals surface area contributed by atoms with Crippen molar-refractivity contribution in [3.05, 3.63) is 29.8 Å². The van der Waals surface area contributed by atoms with Crippen molar-refractivity contribution in [2.45, 2.75) is 13.3 Å². The zero-order valence-electron chi connectivity index (χ0n) is 10.8. The van der Waals surface area contributed by atoms with Crippen molar-refractivity contribution in [1.29, 1.82) is 5.26 Å². The first-order chi connectivity index (χ1) is 9.21. The molecule has 19 heavy (non-hydrogen) atoms. The summed E-state index contributed by atoms with van der Waals surface area (Å²) in [7, 11) is 0. The predicted molar refractivity (Wildman–Crippen MR) is 76.1 cm³/mol. The van der Waals surface area contributed by atoms with E-state index >= 15 is 0 Å². The lowest BCUT2D eigenvalue weighted by Crippen LogP contribution is -2.13. The van der Waals surface area contributed by atoms with Crippen LogP contribution < -0.4 is 5.32 Å². The Morgan fingerprint density at radius 2 is 2.26 bits per heavy atom. The van der Waals surface area contributed by atoms with Gasteiger partial charge in [-0.25, -0.2) is 4.99 Å². The summed E-state index contributed by atoms with van der Waals surface area (Å²) in [5.74, 6) is -0.288. The number of hydrogen-bond acceptors (Lipinski definition) is 5. The Hall–Kier alpha value is -2.00. The second-order valence-corrected chi connectivity index (χ2v) is 4.26. The van der Waals surface area contributed by atoms with Gasteiger partial charge in [0.2, 0.25) is 0 Å². The summed E-state index contributed by atoms with van der Waals surface area (Å²) < 4.78 is 4.92. The quantitative estimate of drug-likeness (QED) is 0.300. The average Bonchev–Trinajstić information content (AvgIpc) is 2.40. The number of rotatable bonds is 4. The third kappa shape index (κ3) is 5.02. The van der Waals surface area contributed by atoms with Gasteiger partial charge in [-0.05, 0) is 24.8 Å². The maximum atomic E-state index is 11.5. The second kappa shape index (κ2) is 8.16. The normalized spacial score (nSPS) is 10.7. The average molecular weight is 277 g/mol. The zero-order valence-corrected chi connectivity index (χ0v) is 11.7. The Morgan fingerprint density at radius 3 is 2.89 bits per heavy atom. The van der Waals surface area contributed by atoms with Crippen LogP contribution in [0.5, 0.6) is 0 Å². The molecule has 0 atom stereocenters. The van der Waals surface area contributed by atoms with Crippen LogP contribution in [-0.2, 0) is 16.0 Å². The lowest BCUT2D eigenvalue weighted by Gasteiger charge is -2.06. The number of carbonyl (C=O) groups is 1. The molecule has 0 heterocycles. The lowest BCUT2D eigenvalue weighted by atomic mass is 10.1. The van der Waals surface area contributed by atoms with Gasteiger partial charge >= 0.3 is 5.97 Å². The first-order valence-electron chi connectivity index (χ1n) is 5.72. The number of carbonyl (C=O) groups excluding carboxylic acids is 1. The van der Waals surface area contributed by atoms with Gasteiger partial charge in [-0.2, -0.15) is 5.26 Å². The van der Waals surface area contributed by atoms with Gasteiger partial charge in [0.25, 0.3) is 0 Å². The van der Waals surface area contributed by atoms with Gasteiger partial charge in [0.15, 0.2) is 11.4 Å². The van der Waals surface area contributed by atoms with E-state index in [1.165, 1.54) is 11.8 Å². The number of para-hydroxylation sites is 1. The van der Waals surface area contributed by atoms with Crippen molar-refractivity contribution in [1.82, 2.24) is 5.32 Å². The zero-order chi connectivity index (χ0) is 14.1. The van der Waals surface area contributed by atoms with Crippen LogP contribution in [0.1, 0.15) is 12.5 Å². The van der Waals surface area contributed by atoms with Crippen LogP contribution in [0.15, 0.2) is 29.3 Å². The molecule has 1 aromatic carbocycles. The van der Waals surface area contributed by atoms with Crippen LogP contribution in [0, 0.1) is 11.5 Å². The number of thioether (sulfide) groups is 1. The van der Waals surface area contributed by atoms with E-state index in [1.54, 1.807) is 13.0 Å². The molecule has 0 aliphatic heterocycles. The third-order valence-electron chi connectivity index (χ3n) is 2.21. The molecular weight excluding hydrogens is 262 g/mol. The van der Waals surface area contributed by atoms with Crippen LogP contribution in [0.2, 0.25) is 0 Å². The molecule has 6 heteroatoms. The molecule has 0 fully saturated rings. The lowest BCUT2D eigenvalue weighted by molar-refractivity contribution is -0.142. The first-order valence-corrected chi connectivity index (χ1v) is 6.95. The molecule has 0 saturated heterocycles. The summed E-state index contributed by atoms with van der Waals surface area (Å²) in [5, 5.41) is 11.6. The maximum absolute atomic E-state index is 11.5. The number of nitrogens with zero attached hydrogens (tertiary/aromatic N) is 2. The van der Waals surface area contributed by atoms with E-state index in [1.807, 2.05) is 30.6 Å². The maximum Gasteiger partial charge on any atom is 0.310 e. The molecule has 0 aromatic heterocycles. The van der Waals surface area contributed by atoms with E-state index in [0.717, 1.165) is 5.56 Å². The Labute approximate surface area is 116 Å². The molecule has 0 aliphatic rings. The Kier molecular flexibility index (Phi) is 6.47. The highest BCUT2D eigenvalue weighted by Crippen LogP contribution is 2.21. The van der Waals surface area contributed by atoms with Gasteiger partial charge in [0.1, 0.15) is 0 Å². The highest BCUT2D eigenvalue weighted by atomic mass is 32.2. The molecule has 0 amide bonds. The fraction of sp³-hybridized carbons (Fsp3) is 0.308. The van der Waals surface area contributed by atoms with Crippen molar-refractivity contribution < 1.29 is 9.53 Å². The van der Waals surface area contributed by atoms with Crippen molar-refractivity contribution in [3.8, 4) is 6.19 Å². The van der Waals surface area contributed by atoms with E-state index in [9.17, 15) is 4.79 Å². The number of nitriles is 1. The Morgan fingerprint density at radius 1 is 1.53 bits per heavy atom. The number of esters is 1. The number of hydrogen-bond donors (Lipinski definition) is 1. The van der Waals surface area contributed by atoms with E-state index in [0.29, 0.717) is 17.5 Å². The van der Waals surface area contributed by atoms with Crippen LogP contribution in [-0.4, -0.2) is 24.0 Å². The predicted octanol–water partition coefficient (Wildman–Crippen LogP) is 2.21. The topological polar surface area (TPSA) is 74.5 Å². The summed E-state index contributed by atoms with van der Waals surface area (Å²) in [6.07, 6.45) is 3.81. The van der Waals surface area contributed by atoms with Gasteiger partial charge < -0.3 is 4.74 Å². The summed E-state index contributed by atoms with van der Waals surface area (Å²) in [5.41, 5.74) is 1.43. The molecule has 1 aromatic rings. The molecule has 0 bridgehead atoms. The summed E-state index contributed by atoms with van der Waals surface area (Å²) >= 11 is 1.33. The molecule has 0 aliphatic carbocycles. The van der Waals surface area contributed by atoms with Gasteiger partial charge in [0.05, 0.1) is 18.7 Å². The molecule has 1 rings (SSSR count). The Bertz CT molecular complexity index is 509. The molecule has 0 spiro atoms. The van der Waals surface area contributed by atoms with Crippen LogP contribution >= 0.6 is 11.8 Å². The number of ether oxygens (including phenoxy) is 1. The number of aliphatic imine (C=N–C) groups is 1. The molecular formula is C13H15N3O2S. The summed E-state index contributed by atoms with van der Waals surface area (Å²) in [6, 6.07) is 7.28. The van der Waals surface area contributed by atoms with Gasteiger partial charge in [-0.1, -0.05) is 30.0 Å². The fourth-order valence-corrected chi connectivity index (χ4v) is 1.76. The summed E-state index contributed by atoms with van der Waals surface area (Å²) in [6.45, 7) is 2.13. The van der Waals surface area contributed by atoms with Gasteiger partial charge in [-0.15, -0.1) is 0 Å². The second-order valence-electron chi connectivity index (χ2n) is 3.47. The van der Waals surface area contributed by atoms with Crippen molar-refractivity contribution in [2.75, 3.05) is 12.9 Å². The van der Waals surface area contributed by atoms with Crippen LogP contribution in [0.25, 0.3) is 0 Å².